The van der Waals surface area contributed by atoms with Gasteiger partial charge >= 0.3 is 0 Å². The van der Waals surface area contributed by atoms with Crippen LogP contribution in [0.15, 0.2) is 0 Å². The van der Waals surface area contributed by atoms with E-state index in [-0.39, 0.29) is 0 Å². The molecule has 2 unspecified atom stereocenters. The van der Waals surface area contributed by atoms with E-state index < -0.39 is 10.4 Å². The monoisotopic (exact) mass is 381 g/mol. The molecule has 0 fully saturated rings. The molecule has 25 heavy (non-hydrogen) atoms. The van der Waals surface area contributed by atoms with E-state index in [4.69, 9.17) is 17.5 Å². The number of rotatable bonds is 13. The summed E-state index contributed by atoms with van der Waals surface area (Å²) in [6.45, 7) is 15.9. The minimum atomic E-state index is -4.92. The molecule has 0 aromatic carbocycles. The van der Waals surface area contributed by atoms with Crippen LogP contribution in [0, 0.1) is 11.8 Å². The highest BCUT2D eigenvalue weighted by molar-refractivity contribution is 7.79. The lowest BCUT2D eigenvalue weighted by atomic mass is 9.94. The Morgan fingerprint density at radius 2 is 1.20 bits per heavy atom. The van der Waals surface area contributed by atoms with E-state index in [1.807, 2.05) is 0 Å². The Labute approximate surface area is 157 Å². The van der Waals surface area contributed by atoms with Crippen LogP contribution in [-0.2, 0) is 10.4 Å². The Balaban J connectivity index is 0. The van der Waals surface area contributed by atoms with Crippen LogP contribution in [0.4, 0.5) is 0 Å². The second kappa shape index (κ2) is 14.9. The Morgan fingerprint density at radius 3 is 1.40 bits per heavy atom. The average Bonchev–Trinajstić information content (AvgIpc) is 2.53. The van der Waals surface area contributed by atoms with E-state index in [2.05, 4.69) is 41.7 Å². The van der Waals surface area contributed by atoms with E-state index in [9.17, 15) is 0 Å². The van der Waals surface area contributed by atoms with Crippen molar-refractivity contribution in [3.8, 4) is 0 Å². The number of hydrogen-bond donors (Lipinski definition) is 1. The Hall–Kier alpha value is -0.170. The van der Waals surface area contributed by atoms with Gasteiger partial charge in [0.15, 0.2) is 0 Å². The molecule has 0 amide bonds. The highest BCUT2D eigenvalue weighted by atomic mass is 32.3. The molecule has 0 aromatic rings. The summed E-state index contributed by atoms with van der Waals surface area (Å²) >= 11 is 0. The van der Waals surface area contributed by atoms with Crippen molar-refractivity contribution in [2.24, 2.45) is 11.8 Å². The van der Waals surface area contributed by atoms with Gasteiger partial charge in [-0.2, -0.15) is 0 Å². The van der Waals surface area contributed by atoms with Gasteiger partial charge in [0, 0.05) is 11.8 Å². The molecule has 0 aliphatic carbocycles. The first-order valence-electron chi connectivity index (χ1n) is 10.1. The number of nitrogens with zero attached hydrogens (tertiary/aromatic N) is 1. The van der Waals surface area contributed by atoms with Gasteiger partial charge in [0.2, 0.25) is 10.4 Å². The van der Waals surface area contributed by atoms with Crippen LogP contribution < -0.4 is 0 Å². The highest BCUT2D eigenvalue weighted by Crippen LogP contribution is 2.22. The summed E-state index contributed by atoms with van der Waals surface area (Å²) in [5.41, 5.74) is 0. The van der Waals surface area contributed by atoms with Crippen molar-refractivity contribution in [3.05, 3.63) is 0 Å². The zero-order valence-corrected chi connectivity index (χ0v) is 18.3. The number of unbranched alkanes of at least 4 members (excludes halogenated alkanes) is 2. The highest BCUT2D eigenvalue weighted by Gasteiger charge is 2.26. The third-order valence-electron chi connectivity index (χ3n) is 5.25. The van der Waals surface area contributed by atoms with Crippen LogP contribution >= 0.6 is 0 Å². The fraction of sp³-hybridized carbons (Fsp3) is 1.00. The molecular formula is C19H43NO4S. The fourth-order valence-corrected chi connectivity index (χ4v) is 3.41. The molecule has 0 saturated carbocycles. The van der Waals surface area contributed by atoms with Crippen LogP contribution in [-0.4, -0.2) is 48.7 Å². The molecule has 0 radical (unpaired) electrons. The van der Waals surface area contributed by atoms with Crippen molar-refractivity contribution in [3.63, 3.8) is 0 Å². The maximum atomic E-state index is 8.63. The van der Waals surface area contributed by atoms with Crippen molar-refractivity contribution in [2.75, 3.05) is 26.7 Å². The molecule has 154 valence electrons. The van der Waals surface area contributed by atoms with E-state index in [0.29, 0.717) is 0 Å². The summed E-state index contributed by atoms with van der Waals surface area (Å²) < 4.78 is 34.1. The van der Waals surface area contributed by atoms with E-state index in [1.165, 1.54) is 75.5 Å². The summed E-state index contributed by atoms with van der Waals surface area (Å²) in [6, 6.07) is 0. The second-order valence-electron chi connectivity index (χ2n) is 7.56. The minimum Gasteiger partial charge on any atom is -0.726 e. The Kier molecular flexibility index (Phi) is 16.2. The predicted octanol–water partition coefficient (Wildman–Crippen LogP) is 4.89. The van der Waals surface area contributed by atoms with Gasteiger partial charge in [0.05, 0.1) is 26.7 Å². The zero-order valence-electron chi connectivity index (χ0n) is 17.5. The van der Waals surface area contributed by atoms with Crippen molar-refractivity contribution in [1.29, 1.82) is 0 Å². The topological polar surface area (TPSA) is 77.4 Å². The van der Waals surface area contributed by atoms with E-state index >= 15 is 0 Å². The van der Waals surface area contributed by atoms with Crippen LogP contribution in [0.25, 0.3) is 0 Å². The van der Waals surface area contributed by atoms with E-state index in [0.717, 1.165) is 11.8 Å². The molecule has 2 atom stereocenters. The zero-order chi connectivity index (χ0) is 19.9. The Bertz CT molecular complexity index is 372. The van der Waals surface area contributed by atoms with Gasteiger partial charge in [-0.05, 0) is 32.6 Å². The summed E-state index contributed by atoms with van der Waals surface area (Å²) in [5, 5.41) is 0. The molecule has 0 aliphatic rings. The van der Waals surface area contributed by atoms with Crippen molar-refractivity contribution in [2.45, 2.75) is 86.0 Å². The van der Waals surface area contributed by atoms with Crippen molar-refractivity contribution in [1.82, 2.24) is 0 Å². The van der Waals surface area contributed by atoms with E-state index in [1.54, 1.807) is 0 Å². The third-order valence-corrected chi connectivity index (χ3v) is 5.25. The summed E-state index contributed by atoms with van der Waals surface area (Å²) in [5.74, 6) is 1.87. The molecule has 5 nitrogen and oxygen atoms in total. The number of quaternary nitrogens is 1. The molecule has 0 rings (SSSR count). The SMILES string of the molecule is CCCCC(CC)C[N+](C)(CC)CC(CC)CCCC.O=S(=O)([O-])O. The van der Waals surface area contributed by atoms with Gasteiger partial charge in [-0.15, -0.1) is 0 Å². The summed E-state index contributed by atoms with van der Waals surface area (Å²) in [4.78, 5) is 0. The third kappa shape index (κ3) is 18.4. The molecule has 0 bridgehead atoms. The van der Waals surface area contributed by atoms with Gasteiger partial charge in [0.25, 0.3) is 0 Å². The Morgan fingerprint density at radius 1 is 0.880 bits per heavy atom. The maximum absolute atomic E-state index is 8.63. The first-order valence-corrected chi connectivity index (χ1v) is 11.4. The quantitative estimate of drug-likeness (QED) is 0.280. The van der Waals surface area contributed by atoms with Crippen LogP contribution in [0.5, 0.6) is 0 Å². The number of hydrogen-bond acceptors (Lipinski definition) is 3. The first-order chi connectivity index (χ1) is 11.5. The van der Waals surface area contributed by atoms with Crippen molar-refractivity contribution >= 4 is 10.4 Å². The van der Waals surface area contributed by atoms with Gasteiger partial charge in [-0.3, -0.25) is 4.55 Å². The smallest absolute Gasteiger partial charge is 0.215 e. The summed E-state index contributed by atoms with van der Waals surface area (Å²) in [7, 11) is -2.41. The molecule has 6 heteroatoms. The van der Waals surface area contributed by atoms with Gasteiger partial charge in [-0.1, -0.05) is 53.4 Å². The first kappa shape index (κ1) is 27.1. The van der Waals surface area contributed by atoms with Gasteiger partial charge in [-0.25, -0.2) is 8.42 Å². The second-order valence-corrected chi connectivity index (χ2v) is 8.42. The van der Waals surface area contributed by atoms with Gasteiger partial charge < -0.3 is 9.04 Å². The lowest BCUT2D eigenvalue weighted by Gasteiger charge is -2.39. The standard InChI is InChI=1S/C19H42N.H2O4S/c1-7-12-14-18(9-3)16-20(6,11-5)17-19(10-4)15-13-8-2;1-5(2,3)4/h18-19H,7-17H2,1-6H3;(H2,1,2,3,4)/q+1;/p-1. The van der Waals surface area contributed by atoms with Crippen LogP contribution in [0.3, 0.4) is 0 Å². The normalized spacial score (nSPS) is 16.5. The summed E-state index contributed by atoms with van der Waals surface area (Å²) in [6.07, 6.45) is 11.1. The molecule has 0 aromatic heterocycles. The minimum absolute atomic E-state index is 0.934. The fourth-order valence-electron chi connectivity index (χ4n) is 3.41. The largest absolute Gasteiger partial charge is 0.726 e. The van der Waals surface area contributed by atoms with Crippen LogP contribution in [0.2, 0.25) is 0 Å². The molecule has 0 aliphatic heterocycles. The van der Waals surface area contributed by atoms with Crippen molar-refractivity contribution < 1.29 is 22.0 Å². The molecule has 1 N–H and O–H groups in total. The molecule has 0 heterocycles. The molecule has 0 saturated heterocycles. The molecule has 0 spiro atoms. The lowest BCUT2D eigenvalue weighted by molar-refractivity contribution is -0.914. The maximum Gasteiger partial charge on any atom is 0.215 e. The van der Waals surface area contributed by atoms with Crippen LogP contribution in [0.1, 0.15) is 86.0 Å². The molecular weight excluding hydrogens is 338 g/mol. The predicted molar refractivity (Wildman–Crippen MR) is 105 cm³/mol. The lowest BCUT2D eigenvalue weighted by Crippen LogP contribution is -2.50. The van der Waals surface area contributed by atoms with Gasteiger partial charge in [0.1, 0.15) is 0 Å². The average molecular weight is 382 g/mol.